The van der Waals surface area contributed by atoms with E-state index in [1.54, 1.807) is 6.20 Å². The first kappa shape index (κ1) is 11.8. The van der Waals surface area contributed by atoms with E-state index in [9.17, 15) is 4.79 Å². The van der Waals surface area contributed by atoms with E-state index in [1.807, 2.05) is 4.90 Å². The van der Waals surface area contributed by atoms with Gasteiger partial charge in [0.25, 0.3) is 0 Å². The number of rotatable bonds is 3. The highest BCUT2D eigenvalue weighted by atomic mass is 35.5. The molecule has 0 radical (unpaired) electrons. The van der Waals surface area contributed by atoms with Gasteiger partial charge in [-0.15, -0.1) is 11.3 Å². The molecule has 1 atom stereocenters. The quantitative estimate of drug-likeness (QED) is 0.860. The zero-order valence-corrected chi connectivity index (χ0v) is 10.1. The maximum atomic E-state index is 11.2. The van der Waals surface area contributed by atoms with Gasteiger partial charge in [-0.25, -0.2) is 4.98 Å². The standard InChI is InChI=1S/C9H12ClN3O2S/c10-7-3-12-8(16-7)4-13-1-2-15-5-6(13)9(11)14/h3,6H,1-2,4-5H2,(H2,11,14). The van der Waals surface area contributed by atoms with Gasteiger partial charge in [-0.05, 0) is 0 Å². The van der Waals surface area contributed by atoms with Crippen LogP contribution >= 0.6 is 22.9 Å². The predicted octanol–water partition coefficient (Wildman–Crippen LogP) is 0.483. The average Bonchev–Trinajstić information content (AvgIpc) is 2.64. The third kappa shape index (κ3) is 2.70. The minimum Gasteiger partial charge on any atom is -0.378 e. The van der Waals surface area contributed by atoms with Gasteiger partial charge in [0.2, 0.25) is 5.91 Å². The summed E-state index contributed by atoms with van der Waals surface area (Å²) in [6.45, 7) is 2.25. The second-order valence-corrected chi connectivity index (χ2v) is 5.27. The summed E-state index contributed by atoms with van der Waals surface area (Å²) in [5.74, 6) is -0.359. The zero-order chi connectivity index (χ0) is 11.5. The monoisotopic (exact) mass is 261 g/mol. The highest BCUT2D eigenvalue weighted by molar-refractivity contribution is 7.15. The molecule has 1 amide bonds. The van der Waals surface area contributed by atoms with Gasteiger partial charge in [-0.3, -0.25) is 9.69 Å². The molecule has 1 unspecified atom stereocenters. The molecular formula is C9H12ClN3O2S. The van der Waals surface area contributed by atoms with Gasteiger partial charge < -0.3 is 10.5 Å². The van der Waals surface area contributed by atoms with Crippen LogP contribution < -0.4 is 5.73 Å². The van der Waals surface area contributed by atoms with E-state index < -0.39 is 0 Å². The van der Waals surface area contributed by atoms with Crippen LogP contribution in [0.2, 0.25) is 4.34 Å². The number of ether oxygens (including phenoxy) is 1. The fourth-order valence-corrected chi connectivity index (χ4v) is 2.61. The SMILES string of the molecule is NC(=O)C1COCCN1Cc1ncc(Cl)s1. The maximum Gasteiger partial charge on any atom is 0.237 e. The Kier molecular flexibility index (Phi) is 3.75. The van der Waals surface area contributed by atoms with E-state index in [1.165, 1.54) is 11.3 Å². The first-order chi connectivity index (χ1) is 7.66. The van der Waals surface area contributed by atoms with Crippen molar-refractivity contribution in [1.29, 1.82) is 0 Å². The normalized spacial score (nSPS) is 22.2. The Balaban J connectivity index is 2.03. The second kappa shape index (κ2) is 5.09. The summed E-state index contributed by atoms with van der Waals surface area (Å²) in [6, 6.07) is -0.364. The Bertz CT molecular complexity index is 385. The van der Waals surface area contributed by atoms with Crippen LogP contribution in [0, 0.1) is 0 Å². The van der Waals surface area contributed by atoms with Crippen LogP contribution in [0.5, 0.6) is 0 Å². The molecule has 16 heavy (non-hydrogen) atoms. The smallest absolute Gasteiger partial charge is 0.237 e. The lowest BCUT2D eigenvalue weighted by molar-refractivity contribution is -0.129. The van der Waals surface area contributed by atoms with Crippen molar-refractivity contribution in [3.8, 4) is 0 Å². The maximum absolute atomic E-state index is 11.2. The number of halogens is 1. The lowest BCUT2D eigenvalue weighted by Gasteiger charge is -2.32. The summed E-state index contributed by atoms with van der Waals surface area (Å²) in [5, 5.41) is 0.887. The molecule has 2 rings (SSSR count). The molecule has 0 spiro atoms. The van der Waals surface area contributed by atoms with Crippen molar-refractivity contribution in [1.82, 2.24) is 9.88 Å². The fraction of sp³-hybridized carbons (Fsp3) is 0.556. The molecule has 0 saturated carbocycles. The van der Waals surface area contributed by atoms with Crippen molar-refractivity contribution in [2.45, 2.75) is 12.6 Å². The number of aromatic nitrogens is 1. The topological polar surface area (TPSA) is 68.5 Å². The van der Waals surface area contributed by atoms with Crippen LogP contribution in [-0.2, 0) is 16.1 Å². The van der Waals surface area contributed by atoms with E-state index in [2.05, 4.69) is 4.98 Å². The van der Waals surface area contributed by atoms with Crippen molar-refractivity contribution in [3.05, 3.63) is 15.5 Å². The van der Waals surface area contributed by atoms with Gasteiger partial charge in [0.05, 0.1) is 26.0 Å². The first-order valence-electron chi connectivity index (χ1n) is 4.88. The highest BCUT2D eigenvalue weighted by Crippen LogP contribution is 2.21. The number of carbonyl (C=O) groups is 1. The van der Waals surface area contributed by atoms with Gasteiger partial charge in [0.1, 0.15) is 15.4 Å². The predicted molar refractivity (Wildman–Crippen MR) is 61.3 cm³/mol. The Morgan fingerprint density at radius 1 is 1.81 bits per heavy atom. The minimum atomic E-state index is -0.364. The van der Waals surface area contributed by atoms with E-state index in [-0.39, 0.29) is 11.9 Å². The molecule has 1 fully saturated rings. The third-order valence-electron chi connectivity index (χ3n) is 2.43. The van der Waals surface area contributed by atoms with E-state index in [0.29, 0.717) is 30.6 Å². The summed E-state index contributed by atoms with van der Waals surface area (Å²) in [6.07, 6.45) is 1.61. The Hall–Kier alpha value is -0.690. The molecule has 1 aliphatic heterocycles. The number of hydrogen-bond donors (Lipinski definition) is 1. The molecule has 1 aromatic heterocycles. The number of carbonyl (C=O) groups excluding carboxylic acids is 1. The van der Waals surface area contributed by atoms with Crippen LogP contribution in [0.3, 0.4) is 0 Å². The number of hydrogen-bond acceptors (Lipinski definition) is 5. The number of primary amides is 1. The molecule has 1 aliphatic rings. The number of amides is 1. The Labute approximate surface area is 102 Å². The molecule has 1 aromatic rings. The second-order valence-electron chi connectivity index (χ2n) is 3.52. The molecule has 0 aliphatic carbocycles. The van der Waals surface area contributed by atoms with Crippen LogP contribution in [0.15, 0.2) is 6.20 Å². The summed E-state index contributed by atoms with van der Waals surface area (Å²) in [4.78, 5) is 17.3. The summed E-state index contributed by atoms with van der Waals surface area (Å²) in [5.41, 5.74) is 5.31. The van der Waals surface area contributed by atoms with Crippen LogP contribution in [0.25, 0.3) is 0 Å². The summed E-state index contributed by atoms with van der Waals surface area (Å²) in [7, 11) is 0. The van der Waals surface area contributed by atoms with Crippen molar-refractivity contribution in [2.24, 2.45) is 5.73 Å². The van der Waals surface area contributed by atoms with Crippen molar-refractivity contribution in [2.75, 3.05) is 19.8 Å². The van der Waals surface area contributed by atoms with Crippen LogP contribution in [-0.4, -0.2) is 41.6 Å². The Morgan fingerprint density at radius 2 is 2.62 bits per heavy atom. The highest BCUT2D eigenvalue weighted by Gasteiger charge is 2.28. The lowest BCUT2D eigenvalue weighted by atomic mass is 10.2. The minimum absolute atomic E-state index is 0.356. The van der Waals surface area contributed by atoms with Crippen LogP contribution in [0.1, 0.15) is 5.01 Å². The van der Waals surface area contributed by atoms with Gasteiger partial charge in [-0.1, -0.05) is 11.6 Å². The van der Waals surface area contributed by atoms with E-state index in [4.69, 9.17) is 22.1 Å². The molecule has 5 nitrogen and oxygen atoms in total. The first-order valence-corrected chi connectivity index (χ1v) is 6.07. The number of nitrogens with two attached hydrogens (primary N) is 1. The van der Waals surface area contributed by atoms with E-state index >= 15 is 0 Å². The lowest BCUT2D eigenvalue weighted by Crippen LogP contribution is -2.51. The number of nitrogens with zero attached hydrogens (tertiary/aromatic N) is 2. The van der Waals surface area contributed by atoms with Gasteiger partial charge in [0.15, 0.2) is 0 Å². The van der Waals surface area contributed by atoms with Crippen molar-refractivity contribution in [3.63, 3.8) is 0 Å². The summed E-state index contributed by atoms with van der Waals surface area (Å²) >= 11 is 7.21. The number of thiazole rings is 1. The third-order valence-corrected chi connectivity index (χ3v) is 3.53. The van der Waals surface area contributed by atoms with Gasteiger partial charge in [-0.2, -0.15) is 0 Å². The molecular weight excluding hydrogens is 250 g/mol. The Morgan fingerprint density at radius 3 is 3.25 bits per heavy atom. The summed E-state index contributed by atoms with van der Waals surface area (Å²) < 4.78 is 5.88. The molecule has 0 aromatic carbocycles. The fourth-order valence-electron chi connectivity index (χ4n) is 1.62. The largest absolute Gasteiger partial charge is 0.378 e. The molecule has 7 heteroatoms. The van der Waals surface area contributed by atoms with E-state index in [0.717, 1.165) is 5.01 Å². The molecule has 2 N–H and O–H groups in total. The zero-order valence-electron chi connectivity index (χ0n) is 8.56. The molecule has 1 saturated heterocycles. The van der Waals surface area contributed by atoms with Crippen LogP contribution in [0.4, 0.5) is 0 Å². The molecule has 2 heterocycles. The number of morpholine rings is 1. The van der Waals surface area contributed by atoms with Crippen molar-refractivity contribution >= 4 is 28.8 Å². The average molecular weight is 262 g/mol. The van der Waals surface area contributed by atoms with Gasteiger partial charge >= 0.3 is 0 Å². The molecule has 88 valence electrons. The van der Waals surface area contributed by atoms with Crippen molar-refractivity contribution < 1.29 is 9.53 Å². The molecule has 0 bridgehead atoms. The van der Waals surface area contributed by atoms with Gasteiger partial charge in [0, 0.05) is 6.54 Å².